The number of nitrogens with zero attached hydrogens (tertiary/aromatic N) is 2. The molecular weight excluding hydrogens is 333 g/mol. The molecule has 3 rings (SSSR count). The molecule has 0 atom stereocenters. The van der Waals surface area contributed by atoms with Crippen molar-refractivity contribution in [1.82, 2.24) is 9.88 Å². The van der Waals surface area contributed by atoms with Crippen molar-refractivity contribution in [3.8, 4) is 11.6 Å². The number of benzene rings is 1. The largest absolute Gasteiger partial charge is 0.496 e. The molecule has 0 saturated carbocycles. The minimum atomic E-state index is -0.356. The molecule has 0 aliphatic carbocycles. The Hall–Kier alpha value is -2.48. The van der Waals surface area contributed by atoms with E-state index in [1.54, 1.807) is 30.3 Å². The highest BCUT2D eigenvalue weighted by molar-refractivity contribution is 8.00. The Labute approximate surface area is 143 Å². The smallest absolute Gasteiger partial charge is 0.259 e. The van der Waals surface area contributed by atoms with Gasteiger partial charge in [0.25, 0.3) is 5.91 Å². The van der Waals surface area contributed by atoms with Gasteiger partial charge in [-0.15, -0.1) is 0 Å². The number of ether oxygens (including phenoxy) is 2. The maximum Gasteiger partial charge on any atom is 0.259 e. The number of methoxy groups -OCH3 is 1. The van der Waals surface area contributed by atoms with Crippen LogP contribution in [0.1, 0.15) is 10.4 Å². The molecule has 2 heterocycles. The molecule has 0 radical (unpaired) electrons. The Morgan fingerprint density at radius 3 is 3.04 bits per heavy atom. The van der Waals surface area contributed by atoms with E-state index in [1.165, 1.54) is 31.2 Å². The quantitative estimate of drug-likeness (QED) is 0.857. The number of fused-ring (bicyclic) bond motifs is 1. The van der Waals surface area contributed by atoms with Crippen LogP contribution in [0.3, 0.4) is 0 Å². The van der Waals surface area contributed by atoms with Crippen molar-refractivity contribution < 1.29 is 18.7 Å². The van der Waals surface area contributed by atoms with Crippen LogP contribution in [0.4, 0.5) is 10.1 Å². The number of rotatable bonds is 4. The number of aromatic nitrogens is 1. The first kappa shape index (κ1) is 16.4. The van der Waals surface area contributed by atoms with E-state index in [4.69, 9.17) is 9.47 Å². The van der Waals surface area contributed by atoms with Crippen LogP contribution in [0, 0.1) is 5.82 Å². The summed E-state index contributed by atoms with van der Waals surface area (Å²) in [5.74, 6) is 0.372. The van der Waals surface area contributed by atoms with Crippen molar-refractivity contribution in [3.05, 3.63) is 41.8 Å². The normalized spacial score (nSPS) is 13.8. The van der Waals surface area contributed by atoms with Gasteiger partial charge in [0, 0.05) is 7.05 Å². The standard InChI is InChI=1S/C16H16FN3O3S/c1-20-5-6-23-15-12(16(20)21)8-11(9-18-15)19-24-14-7-10(17)3-4-13(14)22-2/h3-4,7-9,19H,5-6H2,1-2H3. The summed E-state index contributed by atoms with van der Waals surface area (Å²) in [5, 5.41) is 0. The zero-order valence-electron chi connectivity index (χ0n) is 13.2. The van der Waals surface area contributed by atoms with Crippen LogP contribution in [0.5, 0.6) is 11.6 Å². The molecular formula is C16H16FN3O3S. The molecule has 1 aromatic heterocycles. The second kappa shape index (κ2) is 6.96. The monoisotopic (exact) mass is 349 g/mol. The molecule has 1 aliphatic rings. The van der Waals surface area contributed by atoms with Gasteiger partial charge < -0.3 is 19.1 Å². The van der Waals surface area contributed by atoms with Gasteiger partial charge in [-0.3, -0.25) is 4.79 Å². The van der Waals surface area contributed by atoms with Gasteiger partial charge in [0.2, 0.25) is 5.88 Å². The van der Waals surface area contributed by atoms with E-state index >= 15 is 0 Å². The van der Waals surface area contributed by atoms with Crippen molar-refractivity contribution in [1.29, 1.82) is 0 Å². The minimum absolute atomic E-state index is 0.146. The number of hydrogen-bond acceptors (Lipinski definition) is 6. The number of hydrogen-bond donors (Lipinski definition) is 1. The zero-order valence-corrected chi connectivity index (χ0v) is 14.0. The van der Waals surface area contributed by atoms with Crippen LogP contribution in [-0.2, 0) is 0 Å². The summed E-state index contributed by atoms with van der Waals surface area (Å²) in [4.78, 5) is 18.7. The highest BCUT2D eigenvalue weighted by Gasteiger charge is 2.22. The molecule has 1 aliphatic heterocycles. The Bertz CT molecular complexity index is 772. The molecule has 6 nitrogen and oxygen atoms in total. The number of carbonyl (C=O) groups is 1. The first-order valence-corrected chi connectivity index (χ1v) is 8.05. The van der Waals surface area contributed by atoms with Crippen molar-refractivity contribution in [2.24, 2.45) is 0 Å². The summed E-state index contributed by atoms with van der Waals surface area (Å²) in [7, 11) is 3.24. The molecule has 2 aromatic rings. The molecule has 1 N–H and O–H groups in total. The lowest BCUT2D eigenvalue weighted by Crippen LogP contribution is -2.27. The van der Waals surface area contributed by atoms with Crippen LogP contribution >= 0.6 is 11.9 Å². The minimum Gasteiger partial charge on any atom is -0.496 e. The molecule has 1 aromatic carbocycles. The van der Waals surface area contributed by atoms with Gasteiger partial charge in [0.1, 0.15) is 23.7 Å². The van der Waals surface area contributed by atoms with Gasteiger partial charge in [-0.1, -0.05) is 0 Å². The molecule has 0 unspecified atom stereocenters. The zero-order chi connectivity index (χ0) is 17.1. The summed E-state index contributed by atoms with van der Waals surface area (Å²) in [6.45, 7) is 0.914. The molecule has 0 saturated heterocycles. The van der Waals surface area contributed by atoms with E-state index in [0.717, 1.165) is 0 Å². The Kier molecular flexibility index (Phi) is 4.75. The predicted molar refractivity (Wildman–Crippen MR) is 89.1 cm³/mol. The van der Waals surface area contributed by atoms with Crippen LogP contribution in [0.15, 0.2) is 35.4 Å². The lowest BCUT2D eigenvalue weighted by molar-refractivity contribution is 0.0797. The summed E-state index contributed by atoms with van der Waals surface area (Å²) in [6.07, 6.45) is 1.57. The van der Waals surface area contributed by atoms with E-state index in [-0.39, 0.29) is 11.7 Å². The van der Waals surface area contributed by atoms with Gasteiger partial charge in [0.15, 0.2) is 0 Å². The summed E-state index contributed by atoms with van der Waals surface area (Å²) >= 11 is 1.18. The Morgan fingerprint density at radius 2 is 2.25 bits per heavy atom. The number of pyridine rings is 1. The summed E-state index contributed by atoms with van der Waals surface area (Å²) in [6, 6.07) is 5.93. The molecule has 24 heavy (non-hydrogen) atoms. The number of amides is 1. The second-order valence-corrected chi connectivity index (χ2v) is 6.00. The molecule has 126 valence electrons. The molecule has 0 spiro atoms. The van der Waals surface area contributed by atoms with Gasteiger partial charge >= 0.3 is 0 Å². The fraction of sp³-hybridized carbons (Fsp3) is 0.250. The fourth-order valence-electron chi connectivity index (χ4n) is 2.21. The van der Waals surface area contributed by atoms with Crippen LogP contribution in [0.25, 0.3) is 0 Å². The van der Waals surface area contributed by atoms with E-state index in [2.05, 4.69) is 9.71 Å². The first-order valence-electron chi connectivity index (χ1n) is 7.23. The lowest BCUT2D eigenvalue weighted by Gasteiger charge is -2.13. The number of halogens is 1. The number of nitrogens with one attached hydrogen (secondary N) is 1. The SMILES string of the molecule is COc1ccc(F)cc1SNc1cnc2c(c1)C(=O)N(C)CCO2. The van der Waals surface area contributed by atoms with Crippen LogP contribution in [-0.4, -0.2) is 43.1 Å². The van der Waals surface area contributed by atoms with Crippen LogP contribution in [0.2, 0.25) is 0 Å². The van der Waals surface area contributed by atoms with Crippen molar-refractivity contribution >= 4 is 23.5 Å². The third-order valence-corrected chi connectivity index (χ3v) is 4.37. The highest BCUT2D eigenvalue weighted by Crippen LogP contribution is 2.32. The third-order valence-electron chi connectivity index (χ3n) is 3.50. The number of carbonyl (C=O) groups excluding carboxylic acids is 1. The van der Waals surface area contributed by atoms with E-state index < -0.39 is 0 Å². The second-order valence-electron chi connectivity index (χ2n) is 5.15. The number of anilines is 1. The average molecular weight is 349 g/mol. The van der Waals surface area contributed by atoms with E-state index in [9.17, 15) is 9.18 Å². The Balaban J connectivity index is 1.81. The van der Waals surface area contributed by atoms with Gasteiger partial charge in [-0.2, -0.15) is 0 Å². The maximum absolute atomic E-state index is 13.4. The van der Waals surface area contributed by atoms with Crippen molar-refractivity contribution in [2.75, 3.05) is 32.0 Å². The molecule has 0 bridgehead atoms. The maximum atomic E-state index is 13.4. The molecule has 0 fully saturated rings. The first-order chi connectivity index (χ1) is 11.6. The molecule has 8 heteroatoms. The summed E-state index contributed by atoms with van der Waals surface area (Å²) in [5.41, 5.74) is 1.00. The fourth-order valence-corrected chi connectivity index (χ4v) is 2.97. The van der Waals surface area contributed by atoms with E-state index in [0.29, 0.717) is 40.9 Å². The van der Waals surface area contributed by atoms with Gasteiger partial charge in [0.05, 0.1) is 30.4 Å². The predicted octanol–water partition coefficient (Wildman–Crippen LogP) is 2.81. The van der Waals surface area contributed by atoms with Crippen LogP contribution < -0.4 is 14.2 Å². The average Bonchev–Trinajstić information content (AvgIpc) is 2.72. The van der Waals surface area contributed by atoms with Crippen molar-refractivity contribution in [2.45, 2.75) is 4.90 Å². The summed E-state index contributed by atoms with van der Waals surface area (Å²) < 4.78 is 27.1. The third kappa shape index (κ3) is 3.38. The molecule has 1 amide bonds. The van der Waals surface area contributed by atoms with Gasteiger partial charge in [-0.25, -0.2) is 9.37 Å². The lowest BCUT2D eigenvalue weighted by atomic mass is 10.2. The van der Waals surface area contributed by atoms with E-state index in [1.807, 2.05) is 0 Å². The topological polar surface area (TPSA) is 63.7 Å². The highest BCUT2D eigenvalue weighted by atomic mass is 32.2. The van der Waals surface area contributed by atoms with Crippen molar-refractivity contribution in [3.63, 3.8) is 0 Å². The van der Waals surface area contributed by atoms with Gasteiger partial charge in [-0.05, 0) is 36.2 Å². The number of likely N-dealkylation sites (N-methyl/N-ethyl adjacent to an activating group) is 1. The Morgan fingerprint density at radius 1 is 1.42 bits per heavy atom.